The van der Waals surface area contributed by atoms with E-state index in [1.807, 2.05) is 0 Å². The first kappa shape index (κ1) is 18.9. The second-order valence-corrected chi connectivity index (χ2v) is 3.84. The maximum atomic E-state index is 11.9. The maximum absolute atomic E-state index is 11.9. The van der Waals surface area contributed by atoms with Gasteiger partial charge in [-0.3, -0.25) is 19.2 Å². The molecule has 0 aliphatic heterocycles. The zero-order chi connectivity index (χ0) is 16.3. The normalized spacial score (nSPS) is 9.67. The van der Waals surface area contributed by atoms with E-state index in [9.17, 15) is 19.2 Å². The van der Waals surface area contributed by atoms with Crippen LogP contribution in [-0.4, -0.2) is 61.6 Å². The lowest BCUT2D eigenvalue weighted by Crippen LogP contribution is -2.41. The molecule has 0 aliphatic carbocycles. The minimum absolute atomic E-state index is 0.141. The summed E-state index contributed by atoms with van der Waals surface area (Å²) in [5, 5.41) is 0. The van der Waals surface area contributed by atoms with Gasteiger partial charge < -0.3 is 19.1 Å². The lowest BCUT2D eigenvalue weighted by molar-refractivity contribution is -0.157. The van der Waals surface area contributed by atoms with Crippen molar-refractivity contribution in [2.24, 2.45) is 0 Å². The van der Waals surface area contributed by atoms with Crippen LogP contribution in [0.4, 0.5) is 0 Å². The second kappa shape index (κ2) is 10.6. The van der Waals surface area contributed by atoms with Gasteiger partial charge in [0.05, 0.1) is 19.8 Å². The predicted octanol–water partition coefficient (Wildman–Crippen LogP) is -0.106. The van der Waals surface area contributed by atoms with Crippen molar-refractivity contribution in [2.45, 2.75) is 27.2 Å². The van der Waals surface area contributed by atoms with Gasteiger partial charge in [0.1, 0.15) is 19.5 Å². The van der Waals surface area contributed by atoms with Gasteiger partial charge in [-0.2, -0.15) is 0 Å². The van der Waals surface area contributed by atoms with Crippen LogP contribution in [-0.2, 0) is 33.4 Å². The third kappa shape index (κ3) is 8.61. The summed E-state index contributed by atoms with van der Waals surface area (Å²) in [6.07, 6.45) is -0.549. The topological polar surface area (TPSA) is 99.2 Å². The molecular weight excluding hydrogens is 282 g/mol. The molecule has 0 spiro atoms. The molecule has 0 aromatic rings. The Morgan fingerprint density at radius 3 is 1.48 bits per heavy atom. The molecule has 0 N–H and O–H groups in total. The van der Waals surface area contributed by atoms with Crippen LogP contribution in [0.15, 0.2) is 0 Å². The molecule has 120 valence electrons. The molecular formula is C13H21NO7. The summed E-state index contributed by atoms with van der Waals surface area (Å²) in [6.45, 7) is 4.44. The van der Waals surface area contributed by atoms with Crippen LogP contribution < -0.4 is 0 Å². The molecule has 8 nitrogen and oxygen atoms in total. The standard InChI is InChI=1S/C13H21NO7/c1-4-19-11(16)7-10(15)14(8-12(17)20-5-2)9-13(18)21-6-3/h4-9H2,1-3H3. The van der Waals surface area contributed by atoms with Crippen molar-refractivity contribution in [3.63, 3.8) is 0 Å². The van der Waals surface area contributed by atoms with Crippen LogP contribution in [0.25, 0.3) is 0 Å². The highest BCUT2D eigenvalue weighted by Gasteiger charge is 2.23. The van der Waals surface area contributed by atoms with E-state index in [2.05, 4.69) is 4.74 Å². The molecule has 0 unspecified atom stereocenters. The van der Waals surface area contributed by atoms with E-state index in [1.54, 1.807) is 20.8 Å². The van der Waals surface area contributed by atoms with E-state index in [-0.39, 0.29) is 19.8 Å². The number of nitrogens with zero attached hydrogens (tertiary/aromatic N) is 1. The van der Waals surface area contributed by atoms with Gasteiger partial charge in [0.2, 0.25) is 5.91 Å². The zero-order valence-corrected chi connectivity index (χ0v) is 12.5. The second-order valence-electron chi connectivity index (χ2n) is 3.84. The predicted molar refractivity (Wildman–Crippen MR) is 71.1 cm³/mol. The van der Waals surface area contributed by atoms with Gasteiger partial charge in [0.15, 0.2) is 0 Å². The molecule has 21 heavy (non-hydrogen) atoms. The number of hydrogen-bond donors (Lipinski definition) is 0. The van der Waals surface area contributed by atoms with E-state index in [0.29, 0.717) is 0 Å². The summed E-state index contributed by atoms with van der Waals surface area (Å²) in [4.78, 5) is 47.0. The molecule has 0 saturated carbocycles. The number of amides is 1. The molecule has 0 atom stereocenters. The van der Waals surface area contributed by atoms with Gasteiger partial charge in [-0.25, -0.2) is 0 Å². The summed E-state index contributed by atoms with van der Waals surface area (Å²) in [5.41, 5.74) is 0. The van der Waals surface area contributed by atoms with Crippen molar-refractivity contribution >= 4 is 23.8 Å². The van der Waals surface area contributed by atoms with Crippen LogP contribution in [0.5, 0.6) is 0 Å². The molecule has 8 heteroatoms. The fraction of sp³-hybridized carbons (Fsp3) is 0.692. The van der Waals surface area contributed by atoms with Crippen LogP contribution in [0, 0.1) is 0 Å². The Labute approximate surface area is 123 Å². The van der Waals surface area contributed by atoms with Crippen molar-refractivity contribution in [2.75, 3.05) is 32.9 Å². The lowest BCUT2D eigenvalue weighted by atomic mass is 10.3. The number of carbonyl (C=O) groups is 4. The number of rotatable bonds is 9. The largest absolute Gasteiger partial charge is 0.466 e. The van der Waals surface area contributed by atoms with Gasteiger partial charge in [-0.05, 0) is 20.8 Å². The van der Waals surface area contributed by atoms with Gasteiger partial charge in [0, 0.05) is 0 Å². The fourth-order valence-corrected chi connectivity index (χ4v) is 1.40. The fourth-order valence-electron chi connectivity index (χ4n) is 1.40. The molecule has 0 fully saturated rings. The highest BCUT2D eigenvalue weighted by Crippen LogP contribution is 1.99. The maximum Gasteiger partial charge on any atom is 0.325 e. The van der Waals surface area contributed by atoms with Crippen molar-refractivity contribution in [1.29, 1.82) is 0 Å². The van der Waals surface area contributed by atoms with E-state index >= 15 is 0 Å². The third-order valence-corrected chi connectivity index (χ3v) is 2.20. The molecule has 1 amide bonds. The smallest absolute Gasteiger partial charge is 0.325 e. The molecule has 0 rings (SSSR count). The Balaban J connectivity index is 4.68. The Bertz CT molecular complexity index is 361. The number of ether oxygens (including phenoxy) is 3. The highest BCUT2D eigenvalue weighted by atomic mass is 16.5. The lowest BCUT2D eigenvalue weighted by Gasteiger charge is -2.20. The average molecular weight is 303 g/mol. The quantitative estimate of drug-likeness (QED) is 0.333. The first-order chi connectivity index (χ1) is 9.94. The summed E-state index contributed by atoms with van der Waals surface area (Å²) < 4.78 is 14.1. The molecule has 0 aliphatic rings. The first-order valence-corrected chi connectivity index (χ1v) is 6.69. The monoisotopic (exact) mass is 303 g/mol. The van der Waals surface area contributed by atoms with E-state index in [4.69, 9.17) is 9.47 Å². The van der Waals surface area contributed by atoms with Gasteiger partial charge in [0.25, 0.3) is 0 Å². The number of hydrogen-bond acceptors (Lipinski definition) is 7. The van der Waals surface area contributed by atoms with Crippen LogP contribution in [0.1, 0.15) is 27.2 Å². The minimum atomic E-state index is -0.722. The summed E-state index contributed by atoms with van der Waals surface area (Å²) in [5.74, 6) is -2.76. The van der Waals surface area contributed by atoms with Crippen LogP contribution in [0.2, 0.25) is 0 Å². The SMILES string of the molecule is CCOC(=O)CC(=O)N(CC(=O)OCC)CC(=O)OCC. The Morgan fingerprint density at radius 1 is 0.714 bits per heavy atom. The molecule has 0 bridgehead atoms. The third-order valence-electron chi connectivity index (χ3n) is 2.20. The zero-order valence-electron chi connectivity index (χ0n) is 12.5. The van der Waals surface area contributed by atoms with Crippen molar-refractivity contribution in [1.82, 2.24) is 4.90 Å². The van der Waals surface area contributed by atoms with E-state index < -0.39 is 43.3 Å². The van der Waals surface area contributed by atoms with Crippen LogP contribution in [0.3, 0.4) is 0 Å². The van der Waals surface area contributed by atoms with E-state index in [1.165, 1.54) is 0 Å². The molecule has 0 aromatic carbocycles. The molecule has 0 heterocycles. The highest BCUT2D eigenvalue weighted by molar-refractivity contribution is 5.96. The summed E-state index contributed by atoms with van der Waals surface area (Å²) >= 11 is 0. The summed E-state index contributed by atoms with van der Waals surface area (Å²) in [6, 6.07) is 0. The first-order valence-electron chi connectivity index (χ1n) is 6.69. The molecule has 0 radical (unpaired) electrons. The van der Waals surface area contributed by atoms with Crippen molar-refractivity contribution < 1.29 is 33.4 Å². The molecule has 0 aromatic heterocycles. The number of esters is 3. The Morgan fingerprint density at radius 2 is 1.10 bits per heavy atom. The van der Waals surface area contributed by atoms with Gasteiger partial charge >= 0.3 is 17.9 Å². The van der Waals surface area contributed by atoms with Crippen molar-refractivity contribution in [3.05, 3.63) is 0 Å². The van der Waals surface area contributed by atoms with Crippen molar-refractivity contribution in [3.8, 4) is 0 Å². The Hall–Kier alpha value is -2.12. The molecule has 0 saturated heterocycles. The minimum Gasteiger partial charge on any atom is -0.466 e. The van der Waals surface area contributed by atoms with Gasteiger partial charge in [-0.15, -0.1) is 0 Å². The van der Waals surface area contributed by atoms with E-state index in [0.717, 1.165) is 4.90 Å². The average Bonchev–Trinajstić information content (AvgIpc) is 2.38. The summed E-state index contributed by atoms with van der Waals surface area (Å²) in [7, 11) is 0. The Kier molecular flexibility index (Phi) is 9.57. The van der Waals surface area contributed by atoms with Crippen LogP contribution >= 0.6 is 0 Å². The van der Waals surface area contributed by atoms with Gasteiger partial charge in [-0.1, -0.05) is 0 Å². The number of carbonyl (C=O) groups excluding carboxylic acids is 4.